The predicted octanol–water partition coefficient (Wildman–Crippen LogP) is 4.27. The Balaban J connectivity index is 2.45. The zero-order chi connectivity index (χ0) is 13.8. The highest BCUT2D eigenvalue weighted by Crippen LogP contribution is 2.31. The van der Waals surface area contributed by atoms with Gasteiger partial charge in [-0.1, -0.05) is 23.7 Å². The van der Waals surface area contributed by atoms with Crippen LogP contribution in [0.25, 0.3) is 0 Å². The van der Waals surface area contributed by atoms with Crippen LogP contribution in [0.3, 0.4) is 0 Å². The molecular formula is C15H13ClN2O. The number of halogens is 1. The van der Waals surface area contributed by atoms with Crippen LogP contribution in [0.1, 0.15) is 11.1 Å². The number of methoxy groups -OCH3 is 1. The molecule has 1 N–H and O–H groups in total. The van der Waals surface area contributed by atoms with Gasteiger partial charge in [-0.25, -0.2) is 0 Å². The number of anilines is 2. The highest BCUT2D eigenvalue weighted by molar-refractivity contribution is 6.32. The van der Waals surface area contributed by atoms with E-state index in [9.17, 15) is 0 Å². The minimum absolute atomic E-state index is 0.424. The number of nitriles is 1. The molecule has 0 amide bonds. The number of hydrogen-bond donors (Lipinski definition) is 1. The Morgan fingerprint density at radius 1 is 1.21 bits per heavy atom. The first-order valence-corrected chi connectivity index (χ1v) is 6.13. The van der Waals surface area contributed by atoms with Gasteiger partial charge in [0.05, 0.1) is 29.1 Å². The Morgan fingerprint density at radius 2 is 2.00 bits per heavy atom. The Morgan fingerprint density at radius 3 is 2.68 bits per heavy atom. The normalized spacial score (nSPS) is 9.79. The third-order valence-corrected chi connectivity index (χ3v) is 3.06. The molecule has 19 heavy (non-hydrogen) atoms. The maximum absolute atomic E-state index is 9.15. The smallest absolute Gasteiger partial charge is 0.142 e. The van der Waals surface area contributed by atoms with Gasteiger partial charge in [0.2, 0.25) is 0 Å². The van der Waals surface area contributed by atoms with Crippen LogP contribution in [0, 0.1) is 18.3 Å². The molecule has 0 aliphatic heterocycles. The molecule has 0 spiro atoms. The summed E-state index contributed by atoms with van der Waals surface area (Å²) in [5.74, 6) is 0.717. The van der Waals surface area contributed by atoms with E-state index in [0.717, 1.165) is 17.0 Å². The van der Waals surface area contributed by atoms with Crippen molar-refractivity contribution in [2.75, 3.05) is 12.4 Å². The lowest BCUT2D eigenvalue weighted by atomic mass is 10.1. The maximum Gasteiger partial charge on any atom is 0.142 e. The monoisotopic (exact) mass is 272 g/mol. The summed E-state index contributed by atoms with van der Waals surface area (Å²) in [6, 6.07) is 13.2. The third kappa shape index (κ3) is 2.81. The molecule has 0 aliphatic carbocycles. The molecule has 0 aliphatic rings. The molecule has 3 nitrogen and oxygen atoms in total. The number of benzene rings is 2. The minimum Gasteiger partial charge on any atom is -0.495 e. The van der Waals surface area contributed by atoms with Crippen molar-refractivity contribution in [3.8, 4) is 11.8 Å². The van der Waals surface area contributed by atoms with E-state index >= 15 is 0 Å². The SMILES string of the molecule is COc1ccc(C)cc1Nc1cccc(Cl)c1C#N. The summed E-state index contributed by atoms with van der Waals surface area (Å²) in [5.41, 5.74) is 3.00. The molecule has 0 saturated carbocycles. The van der Waals surface area contributed by atoms with Gasteiger partial charge in [0.25, 0.3) is 0 Å². The molecule has 96 valence electrons. The van der Waals surface area contributed by atoms with Crippen molar-refractivity contribution in [1.29, 1.82) is 5.26 Å². The lowest BCUT2D eigenvalue weighted by Gasteiger charge is -2.13. The fourth-order valence-corrected chi connectivity index (χ4v) is 2.02. The summed E-state index contributed by atoms with van der Waals surface area (Å²) in [4.78, 5) is 0. The molecule has 0 unspecified atom stereocenters. The number of aryl methyl sites for hydroxylation is 1. The largest absolute Gasteiger partial charge is 0.495 e. The number of rotatable bonds is 3. The highest BCUT2D eigenvalue weighted by Gasteiger charge is 2.09. The van der Waals surface area contributed by atoms with Crippen molar-refractivity contribution in [1.82, 2.24) is 0 Å². The van der Waals surface area contributed by atoms with Gasteiger partial charge in [0, 0.05) is 0 Å². The molecule has 2 aromatic rings. The molecule has 2 rings (SSSR count). The van der Waals surface area contributed by atoms with Crippen molar-refractivity contribution in [3.63, 3.8) is 0 Å². The van der Waals surface area contributed by atoms with E-state index in [-0.39, 0.29) is 0 Å². The van der Waals surface area contributed by atoms with Crippen molar-refractivity contribution in [2.24, 2.45) is 0 Å². The fraction of sp³-hybridized carbons (Fsp3) is 0.133. The van der Waals surface area contributed by atoms with Crippen LogP contribution in [0.15, 0.2) is 36.4 Å². The first-order valence-electron chi connectivity index (χ1n) is 5.76. The minimum atomic E-state index is 0.424. The highest BCUT2D eigenvalue weighted by atomic mass is 35.5. The Hall–Kier alpha value is -2.18. The molecule has 4 heteroatoms. The average Bonchev–Trinajstić information content (AvgIpc) is 2.39. The molecular weight excluding hydrogens is 260 g/mol. The quantitative estimate of drug-likeness (QED) is 0.907. The lowest BCUT2D eigenvalue weighted by Crippen LogP contribution is -1.97. The second kappa shape index (κ2) is 5.64. The zero-order valence-electron chi connectivity index (χ0n) is 10.7. The van der Waals surface area contributed by atoms with Gasteiger partial charge >= 0.3 is 0 Å². The van der Waals surface area contributed by atoms with E-state index in [4.69, 9.17) is 21.6 Å². The van der Waals surface area contributed by atoms with Crippen LogP contribution in [0.5, 0.6) is 5.75 Å². The van der Waals surface area contributed by atoms with E-state index in [2.05, 4.69) is 11.4 Å². The van der Waals surface area contributed by atoms with Gasteiger partial charge < -0.3 is 10.1 Å². The summed E-state index contributed by atoms with van der Waals surface area (Å²) < 4.78 is 5.30. The lowest BCUT2D eigenvalue weighted by molar-refractivity contribution is 0.416. The average molecular weight is 273 g/mol. The fourth-order valence-electron chi connectivity index (χ4n) is 1.81. The zero-order valence-corrected chi connectivity index (χ0v) is 11.5. The molecule has 0 atom stereocenters. The molecule has 0 heterocycles. The van der Waals surface area contributed by atoms with Crippen LogP contribution in [-0.4, -0.2) is 7.11 Å². The van der Waals surface area contributed by atoms with Gasteiger partial charge in [-0.2, -0.15) is 5.26 Å². The second-order valence-electron chi connectivity index (χ2n) is 4.10. The standard InChI is InChI=1S/C15H13ClN2O/c1-10-6-7-15(19-2)14(8-10)18-13-5-3-4-12(16)11(13)9-17/h3-8,18H,1-2H3. The third-order valence-electron chi connectivity index (χ3n) is 2.75. The molecule has 0 aromatic heterocycles. The molecule has 0 fully saturated rings. The van der Waals surface area contributed by atoms with Gasteiger partial charge in [-0.15, -0.1) is 0 Å². The number of hydrogen-bond acceptors (Lipinski definition) is 3. The van der Waals surface area contributed by atoms with E-state index in [1.807, 2.05) is 31.2 Å². The van der Waals surface area contributed by atoms with Crippen molar-refractivity contribution >= 4 is 23.0 Å². The summed E-state index contributed by atoms with van der Waals surface area (Å²) in [6.45, 7) is 1.99. The van der Waals surface area contributed by atoms with Gasteiger partial charge in [0.15, 0.2) is 0 Å². The predicted molar refractivity (Wildman–Crippen MR) is 77.2 cm³/mol. The van der Waals surface area contributed by atoms with E-state index in [1.54, 1.807) is 19.2 Å². The Bertz CT molecular complexity index is 647. The summed E-state index contributed by atoms with van der Waals surface area (Å²) >= 11 is 6.01. The molecule has 0 radical (unpaired) electrons. The summed E-state index contributed by atoms with van der Waals surface area (Å²) in [5, 5.41) is 12.8. The van der Waals surface area contributed by atoms with Crippen LogP contribution in [-0.2, 0) is 0 Å². The summed E-state index contributed by atoms with van der Waals surface area (Å²) in [6.07, 6.45) is 0. The molecule has 0 saturated heterocycles. The topological polar surface area (TPSA) is 45.0 Å². The van der Waals surface area contributed by atoms with Crippen LogP contribution in [0.4, 0.5) is 11.4 Å². The van der Waals surface area contributed by atoms with Gasteiger partial charge in [-0.05, 0) is 36.8 Å². The van der Waals surface area contributed by atoms with Crippen molar-refractivity contribution in [3.05, 3.63) is 52.5 Å². The van der Waals surface area contributed by atoms with E-state index < -0.39 is 0 Å². The van der Waals surface area contributed by atoms with Gasteiger partial charge in [-0.3, -0.25) is 0 Å². The first kappa shape index (κ1) is 13.3. The Labute approximate surface area is 117 Å². The van der Waals surface area contributed by atoms with E-state index in [0.29, 0.717) is 16.3 Å². The number of ether oxygens (including phenoxy) is 1. The number of nitrogens with zero attached hydrogens (tertiary/aromatic N) is 1. The maximum atomic E-state index is 9.15. The van der Waals surface area contributed by atoms with Crippen molar-refractivity contribution in [2.45, 2.75) is 6.92 Å². The van der Waals surface area contributed by atoms with Gasteiger partial charge in [0.1, 0.15) is 11.8 Å². The summed E-state index contributed by atoms with van der Waals surface area (Å²) in [7, 11) is 1.61. The van der Waals surface area contributed by atoms with Crippen LogP contribution < -0.4 is 10.1 Å². The van der Waals surface area contributed by atoms with Crippen LogP contribution >= 0.6 is 11.6 Å². The first-order chi connectivity index (χ1) is 9.15. The van der Waals surface area contributed by atoms with Crippen molar-refractivity contribution < 1.29 is 4.74 Å². The van der Waals surface area contributed by atoms with Crippen LogP contribution in [0.2, 0.25) is 5.02 Å². The molecule has 0 bridgehead atoms. The molecule has 2 aromatic carbocycles. The number of nitrogens with one attached hydrogen (secondary N) is 1. The Kier molecular flexibility index (Phi) is 3.94. The van der Waals surface area contributed by atoms with E-state index in [1.165, 1.54) is 0 Å². The second-order valence-corrected chi connectivity index (χ2v) is 4.51.